The van der Waals surface area contributed by atoms with E-state index in [0.29, 0.717) is 18.4 Å². The Morgan fingerprint density at radius 3 is 2.67 bits per heavy atom. The maximum atomic E-state index is 13.7. The van der Waals surface area contributed by atoms with E-state index in [0.717, 1.165) is 6.42 Å². The quantitative estimate of drug-likeness (QED) is 0.642. The van der Waals surface area contributed by atoms with Gasteiger partial charge in [0.2, 0.25) is 0 Å². The van der Waals surface area contributed by atoms with E-state index in [2.05, 4.69) is 5.43 Å². The molecule has 1 aliphatic heterocycles. The predicted molar refractivity (Wildman–Crippen MR) is 67.9 cm³/mol. The molecule has 1 heterocycles. The molecule has 1 aromatic rings. The number of hydrogen-bond acceptors (Lipinski definition) is 4. The van der Waals surface area contributed by atoms with Gasteiger partial charge in [-0.2, -0.15) is 0 Å². The van der Waals surface area contributed by atoms with Gasteiger partial charge in [-0.1, -0.05) is 24.6 Å². The molecule has 0 amide bonds. The molecule has 1 fully saturated rings. The number of hydrazine groups is 1. The van der Waals surface area contributed by atoms with Crippen LogP contribution in [0.25, 0.3) is 0 Å². The minimum absolute atomic E-state index is 0.157. The summed E-state index contributed by atoms with van der Waals surface area (Å²) in [7, 11) is -3.21. The van der Waals surface area contributed by atoms with Crippen molar-refractivity contribution in [2.24, 2.45) is 5.84 Å². The lowest BCUT2D eigenvalue weighted by Gasteiger charge is -2.30. The lowest BCUT2D eigenvalue weighted by Crippen LogP contribution is -2.43. The van der Waals surface area contributed by atoms with E-state index in [1.807, 2.05) is 0 Å². The fourth-order valence-electron chi connectivity index (χ4n) is 2.48. The highest BCUT2D eigenvalue weighted by molar-refractivity contribution is 7.92. The summed E-state index contributed by atoms with van der Waals surface area (Å²) in [4.78, 5) is 0. The van der Waals surface area contributed by atoms with Gasteiger partial charge in [0.05, 0.1) is 17.0 Å². The Morgan fingerprint density at radius 1 is 1.33 bits per heavy atom. The van der Waals surface area contributed by atoms with Gasteiger partial charge < -0.3 is 0 Å². The molecule has 2 atom stereocenters. The van der Waals surface area contributed by atoms with Crippen LogP contribution in [0.15, 0.2) is 24.3 Å². The molecule has 6 heteroatoms. The number of benzene rings is 1. The summed E-state index contributed by atoms with van der Waals surface area (Å²) in [5.74, 6) is 5.17. The average molecular weight is 272 g/mol. The molecule has 3 N–H and O–H groups in total. The summed E-state index contributed by atoms with van der Waals surface area (Å²) in [6, 6.07) is 5.45. The first kappa shape index (κ1) is 13.5. The molecule has 0 spiro atoms. The molecule has 18 heavy (non-hydrogen) atoms. The van der Waals surface area contributed by atoms with Crippen LogP contribution in [0.1, 0.15) is 30.9 Å². The molecule has 0 bridgehead atoms. The first-order valence-corrected chi connectivity index (χ1v) is 7.70. The van der Waals surface area contributed by atoms with Crippen LogP contribution >= 0.6 is 0 Å². The Labute approximate surface area is 106 Å². The molecule has 2 unspecified atom stereocenters. The summed E-state index contributed by atoms with van der Waals surface area (Å²) >= 11 is 0. The zero-order chi connectivity index (χ0) is 13.2. The molecule has 1 aliphatic rings. The summed E-state index contributed by atoms with van der Waals surface area (Å²) in [6.45, 7) is 0. The topological polar surface area (TPSA) is 72.2 Å². The molecule has 100 valence electrons. The zero-order valence-electron chi connectivity index (χ0n) is 9.97. The summed E-state index contributed by atoms with van der Waals surface area (Å²) in [5, 5.41) is -0.645. The Morgan fingerprint density at radius 2 is 2.06 bits per heavy atom. The van der Waals surface area contributed by atoms with E-state index >= 15 is 0 Å². The summed E-state index contributed by atoms with van der Waals surface area (Å²) in [6.07, 6.45) is 2.02. The van der Waals surface area contributed by atoms with Crippen LogP contribution < -0.4 is 11.3 Å². The predicted octanol–water partition coefficient (Wildman–Crippen LogP) is 1.30. The number of halogens is 1. The van der Waals surface area contributed by atoms with Crippen LogP contribution in [0.3, 0.4) is 0 Å². The second-order valence-corrected chi connectivity index (χ2v) is 6.91. The molecule has 0 saturated carbocycles. The van der Waals surface area contributed by atoms with Crippen molar-refractivity contribution in [2.45, 2.75) is 30.6 Å². The van der Waals surface area contributed by atoms with Crippen molar-refractivity contribution in [2.75, 3.05) is 5.75 Å². The van der Waals surface area contributed by atoms with E-state index in [-0.39, 0.29) is 5.75 Å². The molecule has 2 rings (SSSR count). The van der Waals surface area contributed by atoms with Crippen molar-refractivity contribution < 1.29 is 12.8 Å². The third-order valence-corrected chi connectivity index (χ3v) is 5.71. The number of nitrogens with one attached hydrogen (secondary N) is 1. The van der Waals surface area contributed by atoms with Gasteiger partial charge in [0.1, 0.15) is 5.82 Å². The van der Waals surface area contributed by atoms with Crippen LogP contribution in [-0.2, 0) is 9.84 Å². The molecule has 0 aliphatic carbocycles. The van der Waals surface area contributed by atoms with E-state index in [4.69, 9.17) is 5.84 Å². The third-order valence-electron chi connectivity index (χ3n) is 3.42. The standard InChI is InChI=1S/C12H17FN2O2S/c13-10-6-2-1-5-9(10)12(15-14)11-7-3-4-8-18(11,16)17/h1-2,5-6,11-12,15H,3-4,7-8,14H2. The van der Waals surface area contributed by atoms with Gasteiger partial charge in [-0.15, -0.1) is 0 Å². The van der Waals surface area contributed by atoms with Gasteiger partial charge in [-0.05, 0) is 18.9 Å². The maximum Gasteiger partial charge on any atom is 0.155 e. The summed E-state index contributed by atoms with van der Waals surface area (Å²) < 4.78 is 37.8. The first-order chi connectivity index (χ1) is 8.56. The minimum atomic E-state index is -3.21. The lowest BCUT2D eigenvalue weighted by atomic mass is 9.99. The third kappa shape index (κ3) is 2.55. The van der Waals surface area contributed by atoms with Gasteiger partial charge >= 0.3 is 0 Å². The number of hydrogen-bond donors (Lipinski definition) is 2. The SMILES string of the molecule is NNC(c1ccccc1F)C1CCCCS1(=O)=O. The second kappa shape index (κ2) is 5.34. The van der Waals surface area contributed by atoms with E-state index in [1.54, 1.807) is 18.2 Å². The van der Waals surface area contributed by atoms with Gasteiger partial charge in [0.15, 0.2) is 9.84 Å². The molecular weight excluding hydrogens is 255 g/mol. The van der Waals surface area contributed by atoms with Gasteiger partial charge in [0.25, 0.3) is 0 Å². The molecular formula is C12H17FN2O2S. The average Bonchev–Trinajstić information content (AvgIpc) is 2.34. The first-order valence-electron chi connectivity index (χ1n) is 5.98. The second-order valence-electron chi connectivity index (χ2n) is 4.57. The molecule has 4 nitrogen and oxygen atoms in total. The van der Waals surface area contributed by atoms with Gasteiger partial charge in [-0.3, -0.25) is 11.3 Å². The zero-order valence-corrected chi connectivity index (χ0v) is 10.8. The highest BCUT2D eigenvalue weighted by Crippen LogP contribution is 2.31. The minimum Gasteiger partial charge on any atom is -0.271 e. The molecule has 1 saturated heterocycles. The fourth-order valence-corrected chi connectivity index (χ4v) is 4.55. The Bertz CT molecular complexity index is 519. The van der Waals surface area contributed by atoms with Gasteiger partial charge in [0, 0.05) is 5.56 Å². The van der Waals surface area contributed by atoms with E-state index < -0.39 is 26.9 Å². The smallest absolute Gasteiger partial charge is 0.155 e. The van der Waals surface area contributed by atoms with Crippen LogP contribution in [0.5, 0.6) is 0 Å². The van der Waals surface area contributed by atoms with E-state index in [9.17, 15) is 12.8 Å². The fraction of sp³-hybridized carbons (Fsp3) is 0.500. The Kier molecular flexibility index (Phi) is 3.99. The number of nitrogens with two attached hydrogens (primary N) is 1. The van der Waals surface area contributed by atoms with Crippen molar-refractivity contribution in [1.29, 1.82) is 0 Å². The van der Waals surface area contributed by atoms with Crippen LogP contribution in [0.4, 0.5) is 4.39 Å². The van der Waals surface area contributed by atoms with Crippen LogP contribution in [-0.4, -0.2) is 19.4 Å². The normalized spacial score (nSPS) is 24.7. The van der Waals surface area contributed by atoms with Crippen molar-refractivity contribution in [1.82, 2.24) is 5.43 Å². The number of rotatable bonds is 3. The van der Waals surface area contributed by atoms with Crippen molar-refractivity contribution in [3.8, 4) is 0 Å². The van der Waals surface area contributed by atoms with Crippen LogP contribution in [0.2, 0.25) is 0 Å². The van der Waals surface area contributed by atoms with Gasteiger partial charge in [-0.25, -0.2) is 12.8 Å². The molecule has 0 radical (unpaired) electrons. The van der Waals surface area contributed by atoms with Crippen molar-refractivity contribution in [3.05, 3.63) is 35.6 Å². The summed E-state index contributed by atoms with van der Waals surface area (Å²) in [5.41, 5.74) is 2.78. The van der Waals surface area contributed by atoms with E-state index in [1.165, 1.54) is 6.07 Å². The molecule has 0 aromatic heterocycles. The van der Waals surface area contributed by atoms with Crippen molar-refractivity contribution in [3.63, 3.8) is 0 Å². The Hall–Kier alpha value is -0.980. The monoisotopic (exact) mass is 272 g/mol. The van der Waals surface area contributed by atoms with Crippen molar-refractivity contribution >= 4 is 9.84 Å². The maximum absolute atomic E-state index is 13.7. The lowest BCUT2D eigenvalue weighted by molar-refractivity contribution is 0.440. The Balaban J connectivity index is 2.37. The van der Waals surface area contributed by atoms with Crippen LogP contribution in [0, 0.1) is 5.82 Å². The largest absolute Gasteiger partial charge is 0.271 e. The number of sulfone groups is 1. The highest BCUT2D eigenvalue weighted by atomic mass is 32.2. The molecule has 1 aromatic carbocycles. The highest BCUT2D eigenvalue weighted by Gasteiger charge is 2.36.